The number of carbonyl (C=O) groups is 1. The molecule has 0 unspecified atom stereocenters. The zero-order chi connectivity index (χ0) is 31.3. The van der Waals surface area contributed by atoms with Crippen molar-refractivity contribution in [3.8, 4) is 22.4 Å². The molecule has 4 N–H and O–H groups in total. The second kappa shape index (κ2) is 14.6. The van der Waals surface area contributed by atoms with Crippen molar-refractivity contribution < 1.29 is 9.90 Å². The topological polar surface area (TPSA) is 99.7 Å². The van der Waals surface area contributed by atoms with Crippen LogP contribution in [0.2, 0.25) is 10.0 Å². The van der Waals surface area contributed by atoms with Crippen LogP contribution >= 0.6 is 35.0 Å². The van der Waals surface area contributed by atoms with Crippen molar-refractivity contribution >= 4 is 41.0 Å². The number of primary amides is 1. The molecule has 2 aliphatic rings. The van der Waals surface area contributed by atoms with Gasteiger partial charge in [-0.25, -0.2) is 4.79 Å². The summed E-state index contributed by atoms with van der Waals surface area (Å²) in [6.45, 7) is 5.41. The van der Waals surface area contributed by atoms with Gasteiger partial charge in [-0.1, -0.05) is 65.7 Å². The van der Waals surface area contributed by atoms with Crippen LogP contribution in [0.15, 0.2) is 66.7 Å². The van der Waals surface area contributed by atoms with Gasteiger partial charge in [0.2, 0.25) is 0 Å². The molecule has 0 radical (unpaired) electrons. The Morgan fingerprint density at radius 1 is 0.933 bits per heavy atom. The smallest absolute Gasteiger partial charge is 0.315 e. The molecule has 236 valence electrons. The first-order chi connectivity index (χ1) is 21.8. The third kappa shape index (κ3) is 7.85. The van der Waals surface area contributed by atoms with E-state index in [0.717, 1.165) is 76.3 Å². The van der Waals surface area contributed by atoms with Crippen molar-refractivity contribution in [2.45, 2.75) is 38.7 Å². The molecule has 8 nitrogen and oxygen atoms in total. The molecular formula is C34H38Cl2N6O2S. The fraction of sp³-hybridized carbons (Fsp3) is 0.353. The first-order valence-corrected chi connectivity index (χ1v) is 17.2. The number of nitrogens with one attached hydrogen (secondary N) is 1. The lowest BCUT2D eigenvalue weighted by molar-refractivity contribution is 0.0983. The maximum Gasteiger partial charge on any atom is 0.315 e. The van der Waals surface area contributed by atoms with Gasteiger partial charge in [-0.3, -0.25) is 9.58 Å². The molecule has 45 heavy (non-hydrogen) atoms. The van der Waals surface area contributed by atoms with Crippen molar-refractivity contribution in [2.75, 3.05) is 37.7 Å². The van der Waals surface area contributed by atoms with E-state index in [1.54, 1.807) is 4.90 Å². The van der Waals surface area contributed by atoms with Gasteiger partial charge in [0.05, 0.1) is 24.9 Å². The summed E-state index contributed by atoms with van der Waals surface area (Å²) in [5, 5.41) is 20.9. The molecule has 3 aromatic carbocycles. The van der Waals surface area contributed by atoms with Crippen molar-refractivity contribution in [3.05, 3.63) is 99.2 Å². The molecule has 6 rings (SSSR count). The second-order valence-corrected chi connectivity index (χ2v) is 13.7. The summed E-state index contributed by atoms with van der Waals surface area (Å²) in [5.74, 6) is 2.19. The number of fused-ring (bicyclic) bond motifs is 1. The third-order valence-electron chi connectivity index (χ3n) is 8.48. The number of hydrogen-bond donors (Lipinski definition) is 3. The predicted molar refractivity (Wildman–Crippen MR) is 184 cm³/mol. The molecule has 3 heterocycles. The average molecular weight is 666 g/mol. The fourth-order valence-electron chi connectivity index (χ4n) is 6.05. The fourth-order valence-corrected chi connectivity index (χ4v) is 7.38. The van der Waals surface area contributed by atoms with Crippen LogP contribution in [-0.4, -0.2) is 74.5 Å². The molecule has 1 fully saturated rings. The van der Waals surface area contributed by atoms with Gasteiger partial charge in [0.15, 0.2) is 0 Å². The summed E-state index contributed by atoms with van der Waals surface area (Å²) in [6.07, 6.45) is 0.0888. The lowest BCUT2D eigenvalue weighted by atomic mass is 9.97. The third-order valence-corrected chi connectivity index (χ3v) is 10.0. The number of nitrogens with zero attached hydrogens (tertiary/aromatic N) is 4. The molecule has 2 amide bonds. The monoisotopic (exact) mass is 664 g/mol. The first-order valence-electron chi connectivity index (χ1n) is 15.3. The van der Waals surface area contributed by atoms with E-state index in [1.807, 2.05) is 52.8 Å². The van der Waals surface area contributed by atoms with Gasteiger partial charge >= 0.3 is 6.03 Å². The Kier molecular flexibility index (Phi) is 10.3. The van der Waals surface area contributed by atoms with E-state index in [1.165, 1.54) is 11.1 Å². The van der Waals surface area contributed by atoms with Gasteiger partial charge in [0, 0.05) is 89.6 Å². The van der Waals surface area contributed by atoms with Gasteiger partial charge in [-0.05, 0) is 41.0 Å². The molecular weight excluding hydrogens is 627 g/mol. The van der Waals surface area contributed by atoms with E-state index in [9.17, 15) is 9.90 Å². The van der Waals surface area contributed by atoms with Crippen molar-refractivity contribution in [1.29, 1.82) is 0 Å². The molecule has 4 aromatic rings. The van der Waals surface area contributed by atoms with Gasteiger partial charge in [-0.15, -0.1) is 0 Å². The Morgan fingerprint density at radius 2 is 1.60 bits per heavy atom. The number of thioether (sulfide) groups is 1. The second-order valence-electron chi connectivity index (χ2n) is 11.7. The van der Waals surface area contributed by atoms with E-state index in [0.29, 0.717) is 37.6 Å². The van der Waals surface area contributed by atoms with E-state index in [-0.39, 0.29) is 0 Å². The molecule has 1 aromatic heterocycles. The van der Waals surface area contributed by atoms with Crippen LogP contribution in [0.5, 0.6) is 0 Å². The standard InChI is InChI=1S/C34H38Cl2N6O2S/c35-27-8-3-24(4-9-27)19-38-18-23-1-5-25(6-2-23)29-17-26(7-10-31(29)36)33-30-22-41(34(37)44)12-11-32(30)42(39-33)21-28(43)20-40-13-15-45-16-14-40/h1-10,17,28,38,43H,11-16,18-22H2,(H2,37,44)/t28-/m1/s1. The van der Waals surface area contributed by atoms with Crippen molar-refractivity contribution in [2.24, 2.45) is 5.73 Å². The summed E-state index contributed by atoms with van der Waals surface area (Å²) in [4.78, 5) is 16.1. The Balaban J connectivity index is 1.21. The van der Waals surface area contributed by atoms with E-state index in [2.05, 4.69) is 40.5 Å². The zero-order valence-electron chi connectivity index (χ0n) is 25.1. The van der Waals surface area contributed by atoms with E-state index >= 15 is 0 Å². The highest BCUT2D eigenvalue weighted by Gasteiger charge is 2.28. The van der Waals surface area contributed by atoms with Crippen LogP contribution in [-0.2, 0) is 32.6 Å². The number of benzene rings is 3. The summed E-state index contributed by atoms with van der Waals surface area (Å²) >= 11 is 14.7. The van der Waals surface area contributed by atoms with Crippen molar-refractivity contribution in [1.82, 2.24) is 24.9 Å². The Morgan fingerprint density at radius 3 is 2.29 bits per heavy atom. The quantitative estimate of drug-likeness (QED) is 0.202. The van der Waals surface area contributed by atoms with Crippen LogP contribution in [0.4, 0.5) is 4.79 Å². The normalized spacial score (nSPS) is 16.0. The zero-order valence-corrected chi connectivity index (χ0v) is 27.4. The number of rotatable bonds is 10. The number of aliphatic hydroxyl groups excluding tert-OH is 1. The first kappa shape index (κ1) is 31.9. The van der Waals surface area contributed by atoms with E-state index < -0.39 is 12.1 Å². The Bertz CT molecular complexity index is 1620. The minimum Gasteiger partial charge on any atom is -0.390 e. The number of nitrogens with two attached hydrogens (primary N) is 1. The number of β-amino-alcohol motifs (C(OH)–C–C–N with tert-alkyl or cyclic N) is 1. The summed E-state index contributed by atoms with van der Waals surface area (Å²) in [5.41, 5.74) is 13.7. The SMILES string of the molecule is NC(=O)N1CCc2c(c(-c3ccc(Cl)c(-c4ccc(CNCc5ccc(Cl)cc5)cc4)c3)nn2C[C@H](O)CN2CCSCC2)C1. The number of carbonyl (C=O) groups excluding carboxylic acids is 1. The molecule has 0 aliphatic carbocycles. The van der Waals surface area contributed by atoms with E-state index in [4.69, 9.17) is 34.0 Å². The summed E-state index contributed by atoms with van der Waals surface area (Å²) in [6, 6.07) is 21.7. The maximum atomic E-state index is 12.1. The molecule has 1 atom stereocenters. The number of urea groups is 1. The number of aromatic nitrogens is 2. The molecule has 0 bridgehead atoms. The van der Waals surface area contributed by atoms with Crippen LogP contribution in [0, 0.1) is 0 Å². The maximum absolute atomic E-state index is 12.1. The number of aliphatic hydroxyl groups is 1. The highest BCUT2D eigenvalue weighted by Crippen LogP contribution is 2.36. The predicted octanol–water partition coefficient (Wildman–Crippen LogP) is 5.66. The van der Waals surface area contributed by atoms with Gasteiger partial charge < -0.3 is 21.1 Å². The van der Waals surface area contributed by atoms with Gasteiger partial charge in [-0.2, -0.15) is 16.9 Å². The highest BCUT2D eigenvalue weighted by molar-refractivity contribution is 7.99. The lowest BCUT2D eigenvalue weighted by Crippen LogP contribution is -2.41. The molecule has 0 saturated carbocycles. The molecule has 2 aliphatic heterocycles. The van der Waals surface area contributed by atoms with Crippen LogP contribution in [0.3, 0.4) is 0 Å². The number of amides is 2. The number of halogens is 2. The highest BCUT2D eigenvalue weighted by atomic mass is 35.5. The summed E-state index contributed by atoms with van der Waals surface area (Å²) < 4.78 is 1.94. The van der Waals surface area contributed by atoms with Crippen LogP contribution in [0.25, 0.3) is 22.4 Å². The minimum absolute atomic E-state index is 0.384. The average Bonchev–Trinajstić information content (AvgIpc) is 3.40. The van der Waals surface area contributed by atoms with Gasteiger partial charge in [0.25, 0.3) is 0 Å². The summed E-state index contributed by atoms with van der Waals surface area (Å²) in [7, 11) is 0. The van der Waals surface area contributed by atoms with Crippen LogP contribution in [0.1, 0.15) is 22.4 Å². The Labute approximate surface area is 278 Å². The minimum atomic E-state index is -0.543. The van der Waals surface area contributed by atoms with Crippen molar-refractivity contribution in [3.63, 3.8) is 0 Å². The Hall–Kier alpha value is -3.05. The molecule has 11 heteroatoms. The number of hydrogen-bond acceptors (Lipinski definition) is 6. The molecule has 0 spiro atoms. The molecule has 1 saturated heterocycles. The largest absolute Gasteiger partial charge is 0.390 e. The lowest BCUT2D eigenvalue weighted by Gasteiger charge is -2.29. The van der Waals surface area contributed by atoms with Crippen LogP contribution < -0.4 is 11.1 Å². The van der Waals surface area contributed by atoms with Gasteiger partial charge in [0.1, 0.15) is 0 Å².